The van der Waals surface area contributed by atoms with E-state index in [2.05, 4.69) is 48.6 Å². The summed E-state index contributed by atoms with van der Waals surface area (Å²) in [5, 5.41) is 0. The molecule has 0 aliphatic carbocycles. The van der Waals surface area contributed by atoms with E-state index in [1.807, 2.05) is 54.6 Å². The fraction of sp³-hybridized carbons (Fsp3) is 0.300. The van der Waals surface area contributed by atoms with Crippen LogP contribution in [-0.4, -0.2) is 36.4 Å². The molecule has 3 saturated heterocycles. The van der Waals surface area contributed by atoms with Gasteiger partial charge in [0.15, 0.2) is 0 Å². The van der Waals surface area contributed by atoms with Gasteiger partial charge in [-0.05, 0) is 35.3 Å². The van der Waals surface area contributed by atoms with Crippen LogP contribution < -0.4 is 4.90 Å². The second-order valence-corrected chi connectivity index (χ2v) is 9.59. The van der Waals surface area contributed by atoms with E-state index in [4.69, 9.17) is 4.74 Å². The maximum absolute atomic E-state index is 13.6. The van der Waals surface area contributed by atoms with Gasteiger partial charge >= 0.3 is 6.09 Å². The van der Waals surface area contributed by atoms with Crippen LogP contribution >= 0.6 is 0 Å². The van der Waals surface area contributed by atoms with Crippen molar-refractivity contribution in [1.82, 2.24) is 0 Å². The van der Waals surface area contributed by atoms with Gasteiger partial charge in [0.05, 0.1) is 19.6 Å². The van der Waals surface area contributed by atoms with Crippen molar-refractivity contribution in [2.75, 3.05) is 24.5 Å². The molecule has 6 rings (SSSR count). The van der Waals surface area contributed by atoms with E-state index >= 15 is 0 Å². The number of benzene rings is 3. The first-order chi connectivity index (χ1) is 16.7. The fourth-order valence-corrected chi connectivity index (χ4v) is 5.41. The van der Waals surface area contributed by atoms with E-state index in [1.165, 1.54) is 18.4 Å². The number of hydrogen-bond acceptors (Lipinski definition) is 2. The summed E-state index contributed by atoms with van der Waals surface area (Å²) in [6.07, 6.45) is 7.51. The monoisotopic (exact) mass is 453 g/mol. The van der Waals surface area contributed by atoms with E-state index < -0.39 is 0 Å². The van der Waals surface area contributed by atoms with Gasteiger partial charge in [-0.2, -0.15) is 0 Å². The largest absolute Gasteiger partial charge is 0.419 e. The average Bonchev–Trinajstić information content (AvgIpc) is 2.90. The summed E-state index contributed by atoms with van der Waals surface area (Å²) >= 11 is 0. The Labute approximate surface area is 202 Å². The number of hydrogen-bond donors (Lipinski definition) is 0. The van der Waals surface area contributed by atoms with Gasteiger partial charge in [0, 0.05) is 24.9 Å². The maximum atomic E-state index is 13.6. The number of amides is 1. The van der Waals surface area contributed by atoms with Gasteiger partial charge in [0.2, 0.25) is 6.23 Å². The second kappa shape index (κ2) is 10.3. The number of piperidine rings is 3. The van der Waals surface area contributed by atoms with Crippen LogP contribution in [0, 0.1) is 5.92 Å². The number of nitrogens with zero attached hydrogens (tertiary/aromatic N) is 2. The number of carbonyl (C=O) groups is 1. The second-order valence-electron chi connectivity index (χ2n) is 9.59. The highest BCUT2D eigenvalue weighted by Gasteiger charge is 2.49. The van der Waals surface area contributed by atoms with Crippen molar-refractivity contribution in [1.29, 1.82) is 0 Å². The van der Waals surface area contributed by atoms with Crippen LogP contribution in [-0.2, 0) is 11.3 Å². The number of para-hydroxylation sites is 1. The molecule has 2 bridgehead atoms. The van der Waals surface area contributed by atoms with E-state index in [9.17, 15) is 4.79 Å². The Kier molecular flexibility index (Phi) is 6.77. The number of rotatable bonds is 7. The zero-order valence-corrected chi connectivity index (χ0v) is 19.6. The molecule has 1 atom stereocenters. The Balaban J connectivity index is 1.34. The highest BCUT2D eigenvalue weighted by molar-refractivity contribution is 5.87. The van der Waals surface area contributed by atoms with Crippen LogP contribution in [0.1, 0.15) is 30.4 Å². The predicted molar refractivity (Wildman–Crippen MR) is 137 cm³/mol. The molecule has 3 aromatic rings. The first-order valence-electron chi connectivity index (χ1n) is 12.4. The minimum Gasteiger partial charge on any atom is -0.396 e. The molecule has 1 unspecified atom stereocenters. The fourth-order valence-electron chi connectivity index (χ4n) is 5.41. The van der Waals surface area contributed by atoms with Crippen LogP contribution in [0.2, 0.25) is 0 Å². The molecule has 34 heavy (non-hydrogen) atoms. The van der Waals surface area contributed by atoms with Crippen LogP contribution in [0.15, 0.2) is 97.1 Å². The Morgan fingerprint density at radius 1 is 0.882 bits per heavy atom. The lowest BCUT2D eigenvalue weighted by Crippen LogP contribution is -2.65. The van der Waals surface area contributed by atoms with Gasteiger partial charge in [0.25, 0.3) is 0 Å². The molecule has 3 aromatic carbocycles. The summed E-state index contributed by atoms with van der Waals surface area (Å²) in [4.78, 5) is 15.4. The quantitative estimate of drug-likeness (QED) is 0.382. The Bertz CT molecular complexity index is 1090. The van der Waals surface area contributed by atoms with E-state index in [-0.39, 0.29) is 12.3 Å². The van der Waals surface area contributed by atoms with Crippen molar-refractivity contribution < 1.29 is 14.0 Å². The van der Waals surface area contributed by atoms with Gasteiger partial charge in [-0.3, -0.25) is 9.38 Å². The Morgan fingerprint density at radius 2 is 1.50 bits per heavy atom. The molecule has 4 heteroatoms. The van der Waals surface area contributed by atoms with Crippen molar-refractivity contribution >= 4 is 17.9 Å². The number of quaternary nitrogens is 1. The molecule has 3 aliphatic heterocycles. The molecule has 3 heterocycles. The van der Waals surface area contributed by atoms with Crippen LogP contribution in [0.5, 0.6) is 0 Å². The SMILES string of the molecule is O=C(OC1CC2CC[N+]1(CC=Cc1ccccc1)CC2)N(Cc1ccccc1)c1ccccc1. The van der Waals surface area contributed by atoms with Crippen LogP contribution in [0.25, 0.3) is 6.08 Å². The molecule has 0 radical (unpaired) electrons. The van der Waals surface area contributed by atoms with Gasteiger partial charge < -0.3 is 4.74 Å². The smallest absolute Gasteiger partial charge is 0.396 e. The zero-order chi connectivity index (χ0) is 23.2. The standard InChI is InChI=1S/C30H33N2O2/c33-30(31(28-16-8-3-9-17-28)24-27-13-6-2-7-14-27)34-29-23-26-18-21-32(29,22-19-26)20-10-15-25-11-4-1-5-12-25/h1-17,26,29H,18-24H2/q+1. The van der Waals surface area contributed by atoms with Crippen molar-refractivity contribution in [3.8, 4) is 0 Å². The zero-order valence-electron chi connectivity index (χ0n) is 19.6. The van der Waals surface area contributed by atoms with Gasteiger partial charge in [-0.1, -0.05) is 84.9 Å². The molecule has 3 fully saturated rings. The average molecular weight is 454 g/mol. The number of fused-ring (bicyclic) bond motifs is 3. The molecular formula is C30H33N2O2+. The normalized spacial score (nSPS) is 23.6. The maximum Gasteiger partial charge on any atom is 0.419 e. The molecule has 0 saturated carbocycles. The van der Waals surface area contributed by atoms with Gasteiger partial charge in [-0.25, -0.2) is 4.79 Å². The number of ether oxygens (including phenoxy) is 1. The first kappa shape index (κ1) is 22.4. The van der Waals surface area contributed by atoms with Crippen molar-refractivity contribution in [3.63, 3.8) is 0 Å². The molecule has 0 N–H and O–H groups in total. The molecule has 3 aliphatic rings. The molecule has 174 valence electrons. The van der Waals surface area contributed by atoms with E-state index in [1.54, 1.807) is 4.90 Å². The summed E-state index contributed by atoms with van der Waals surface area (Å²) in [5.41, 5.74) is 3.16. The minimum atomic E-state index is -0.253. The van der Waals surface area contributed by atoms with E-state index in [0.29, 0.717) is 12.5 Å². The Hall–Kier alpha value is -3.37. The third kappa shape index (κ3) is 5.07. The van der Waals surface area contributed by atoms with E-state index in [0.717, 1.165) is 41.8 Å². The van der Waals surface area contributed by atoms with Crippen molar-refractivity contribution in [2.24, 2.45) is 5.92 Å². The summed E-state index contributed by atoms with van der Waals surface area (Å²) < 4.78 is 7.19. The molecule has 0 spiro atoms. The molecule has 0 aromatic heterocycles. The van der Waals surface area contributed by atoms with Crippen molar-refractivity contribution in [2.45, 2.75) is 32.0 Å². The highest BCUT2D eigenvalue weighted by atomic mass is 16.6. The summed E-state index contributed by atoms with van der Waals surface area (Å²) in [6.45, 7) is 3.54. The third-order valence-electron chi connectivity index (χ3n) is 7.40. The Morgan fingerprint density at radius 3 is 2.18 bits per heavy atom. The van der Waals surface area contributed by atoms with Crippen LogP contribution in [0.3, 0.4) is 0 Å². The first-order valence-corrected chi connectivity index (χ1v) is 12.4. The molecule has 4 nitrogen and oxygen atoms in total. The summed E-state index contributed by atoms with van der Waals surface area (Å²) in [5.74, 6) is 0.662. The lowest BCUT2D eigenvalue weighted by molar-refractivity contribution is -0.979. The number of anilines is 1. The predicted octanol–water partition coefficient (Wildman–Crippen LogP) is 6.50. The van der Waals surface area contributed by atoms with Gasteiger partial charge in [0.1, 0.15) is 6.54 Å². The number of carbonyl (C=O) groups excluding carboxylic acids is 1. The molecular weight excluding hydrogens is 420 g/mol. The topological polar surface area (TPSA) is 29.5 Å². The lowest BCUT2D eigenvalue weighted by Gasteiger charge is -2.52. The summed E-state index contributed by atoms with van der Waals surface area (Å²) in [6, 6.07) is 30.4. The molecule has 1 amide bonds. The lowest BCUT2D eigenvalue weighted by atomic mass is 9.84. The highest BCUT2D eigenvalue weighted by Crippen LogP contribution is 2.39. The van der Waals surface area contributed by atoms with Crippen LogP contribution in [0.4, 0.5) is 10.5 Å². The summed E-state index contributed by atoms with van der Waals surface area (Å²) in [7, 11) is 0. The van der Waals surface area contributed by atoms with Gasteiger partial charge in [-0.15, -0.1) is 0 Å². The third-order valence-corrected chi connectivity index (χ3v) is 7.40. The minimum absolute atomic E-state index is 0.0950. The van der Waals surface area contributed by atoms with Crippen molar-refractivity contribution in [3.05, 3.63) is 108 Å².